The highest BCUT2D eigenvalue weighted by molar-refractivity contribution is 5.96. The van der Waals surface area contributed by atoms with E-state index in [1.807, 2.05) is 6.07 Å². The maximum absolute atomic E-state index is 12.0. The molecular formula is C20H25N3O2. The summed E-state index contributed by atoms with van der Waals surface area (Å²) in [6.07, 6.45) is 0.907. The van der Waals surface area contributed by atoms with E-state index in [-0.39, 0.29) is 11.7 Å². The van der Waals surface area contributed by atoms with Crippen molar-refractivity contribution in [3.8, 4) is 5.75 Å². The van der Waals surface area contributed by atoms with E-state index in [1.54, 1.807) is 18.2 Å². The van der Waals surface area contributed by atoms with Gasteiger partial charge in [-0.15, -0.1) is 0 Å². The topological polar surface area (TPSA) is 55.8 Å². The molecule has 2 aromatic carbocycles. The molecule has 25 heavy (non-hydrogen) atoms. The molecule has 1 amide bonds. The van der Waals surface area contributed by atoms with Gasteiger partial charge in [0.05, 0.1) is 5.56 Å². The van der Waals surface area contributed by atoms with Crippen LogP contribution in [0.2, 0.25) is 0 Å². The average molecular weight is 339 g/mol. The van der Waals surface area contributed by atoms with Crippen molar-refractivity contribution in [3.63, 3.8) is 0 Å². The van der Waals surface area contributed by atoms with E-state index >= 15 is 0 Å². The molecule has 0 radical (unpaired) electrons. The first-order valence-corrected chi connectivity index (χ1v) is 8.82. The second-order valence-corrected chi connectivity index (χ2v) is 6.29. The Kier molecular flexibility index (Phi) is 5.90. The molecule has 1 saturated heterocycles. The summed E-state index contributed by atoms with van der Waals surface area (Å²) >= 11 is 0. The molecule has 132 valence electrons. The van der Waals surface area contributed by atoms with Crippen LogP contribution in [0.1, 0.15) is 16.8 Å². The summed E-state index contributed by atoms with van der Waals surface area (Å²) in [7, 11) is 0. The van der Waals surface area contributed by atoms with E-state index in [0.717, 1.165) is 39.1 Å². The van der Waals surface area contributed by atoms with Crippen LogP contribution < -0.4 is 10.2 Å². The number of amides is 1. The molecule has 0 atom stereocenters. The number of para-hydroxylation sites is 2. The molecular weight excluding hydrogens is 314 g/mol. The Balaban J connectivity index is 1.35. The third kappa shape index (κ3) is 4.73. The van der Waals surface area contributed by atoms with Crippen LogP contribution in [0.25, 0.3) is 0 Å². The van der Waals surface area contributed by atoms with E-state index in [4.69, 9.17) is 0 Å². The molecule has 0 bridgehead atoms. The van der Waals surface area contributed by atoms with Crippen molar-refractivity contribution in [2.45, 2.75) is 6.42 Å². The number of anilines is 1. The number of piperazine rings is 1. The van der Waals surface area contributed by atoms with Crippen molar-refractivity contribution in [2.75, 3.05) is 44.2 Å². The molecule has 0 saturated carbocycles. The number of phenols is 1. The molecule has 2 aromatic rings. The van der Waals surface area contributed by atoms with Gasteiger partial charge in [0.15, 0.2) is 0 Å². The minimum absolute atomic E-state index is 0.0250. The van der Waals surface area contributed by atoms with Gasteiger partial charge in [-0.2, -0.15) is 0 Å². The second-order valence-electron chi connectivity index (χ2n) is 6.29. The summed E-state index contributed by atoms with van der Waals surface area (Å²) in [6, 6.07) is 17.1. The number of phenolic OH excluding ortho intramolecular Hbond substituents is 1. The number of hydrogen-bond donors (Lipinski definition) is 2. The van der Waals surface area contributed by atoms with Crippen molar-refractivity contribution >= 4 is 11.6 Å². The largest absolute Gasteiger partial charge is 0.507 e. The molecule has 0 spiro atoms. The number of carbonyl (C=O) groups is 1. The molecule has 5 heteroatoms. The third-order valence-electron chi connectivity index (χ3n) is 4.58. The summed E-state index contributed by atoms with van der Waals surface area (Å²) in [5.74, 6) is -0.191. The van der Waals surface area contributed by atoms with Crippen LogP contribution in [-0.4, -0.2) is 55.2 Å². The van der Waals surface area contributed by atoms with Gasteiger partial charge in [-0.05, 0) is 37.2 Å². The fourth-order valence-electron chi connectivity index (χ4n) is 3.13. The van der Waals surface area contributed by atoms with Crippen LogP contribution >= 0.6 is 0 Å². The van der Waals surface area contributed by atoms with Gasteiger partial charge in [0, 0.05) is 38.4 Å². The van der Waals surface area contributed by atoms with Crippen LogP contribution in [0, 0.1) is 0 Å². The summed E-state index contributed by atoms with van der Waals surface area (Å²) in [5.41, 5.74) is 1.62. The Morgan fingerprint density at radius 3 is 2.36 bits per heavy atom. The Morgan fingerprint density at radius 1 is 0.960 bits per heavy atom. The van der Waals surface area contributed by atoms with Crippen molar-refractivity contribution in [1.29, 1.82) is 0 Å². The number of rotatable bonds is 6. The lowest BCUT2D eigenvalue weighted by Crippen LogP contribution is -2.47. The van der Waals surface area contributed by atoms with Gasteiger partial charge in [0.25, 0.3) is 5.91 Å². The number of nitrogens with one attached hydrogen (secondary N) is 1. The fourth-order valence-corrected chi connectivity index (χ4v) is 3.13. The van der Waals surface area contributed by atoms with E-state index in [2.05, 4.69) is 39.4 Å². The normalized spacial score (nSPS) is 15.1. The van der Waals surface area contributed by atoms with Crippen LogP contribution in [0.15, 0.2) is 54.6 Å². The van der Waals surface area contributed by atoms with Gasteiger partial charge < -0.3 is 15.3 Å². The standard InChI is InChI=1S/C20H25N3O2/c24-19-10-5-4-9-18(19)20(25)21-11-6-12-22-13-15-23(16-14-22)17-7-2-1-3-8-17/h1-5,7-10,24H,6,11-16H2,(H,21,25). The summed E-state index contributed by atoms with van der Waals surface area (Å²) in [4.78, 5) is 16.9. The predicted octanol–water partition coefficient (Wildman–Crippen LogP) is 2.33. The molecule has 0 unspecified atom stereocenters. The predicted molar refractivity (Wildman–Crippen MR) is 100 cm³/mol. The molecule has 2 N–H and O–H groups in total. The lowest BCUT2D eigenvalue weighted by Gasteiger charge is -2.36. The minimum atomic E-state index is -0.216. The highest BCUT2D eigenvalue weighted by Crippen LogP contribution is 2.16. The van der Waals surface area contributed by atoms with Gasteiger partial charge in [-0.1, -0.05) is 30.3 Å². The van der Waals surface area contributed by atoms with Crippen molar-refractivity contribution in [2.24, 2.45) is 0 Å². The first kappa shape index (κ1) is 17.3. The third-order valence-corrected chi connectivity index (χ3v) is 4.58. The lowest BCUT2D eigenvalue weighted by molar-refractivity contribution is 0.0949. The first-order chi connectivity index (χ1) is 12.2. The highest BCUT2D eigenvalue weighted by atomic mass is 16.3. The van der Waals surface area contributed by atoms with E-state index < -0.39 is 0 Å². The van der Waals surface area contributed by atoms with Crippen molar-refractivity contribution in [3.05, 3.63) is 60.2 Å². The molecule has 0 aromatic heterocycles. The van der Waals surface area contributed by atoms with Crippen LogP contribution in [0.5, 0.6) is 5.75 Å². The van der Waals surface area contributed by atoms with Crippen LogP contribution in [0.4, 0.5) is 5.69 Å². The first-order valence-electron chi connectivity index (χ1n) is 8.82. The van der Waals surface area contributed by atoms with Gasteiger partial charge in [0.1, 0.15) is 5.75 Å². The van der Waals surface area contributed by atoms with Crippen molar-refractivity contribution < 1.29 is 9.90 Å². The number of nitrogens with zero attached hydrogens (tertiary/aromatic N) is 2. The highest BCUT2D eigenvalue weighted by Gasteiger charge is 2.16. The van der Waals surface area contributed by atoms with Gasteiger partial charge in [-0.3, -0.25) is 9.69 Å². The fraction of sp³-hybridized carbons (Fsp3) is 0.350. The molecule has 1 aliphatic heterocycles. The van der Waals surface area contributed by atoms with E-state index in [0.29, 0.717) is 12.1 Å². The zero-order valence-electron chi connectivity index (χ0n) is 14.4. The number of hydrogen-bond acceptors (Lipinski definition) is 4. The monoisotopic (exact) mass is 339 g/mol. The van der Waals surface area contributed by atoms with Crippen molar-refractivity contribution in [1.82, 2.24) is 10.2 Å². The maximum Gasteiger partial charge on any atom is 0.255 e. The summed E-state index contributed by atoms with van der Waals surface area (Å²) in [5, 5.41) is 12.6. The zero-order chi connectivity index (χ0) is 17.5. The molecule has 1 heterocycles. The summed E-state index contributed by atoms with van der Waals surface area (Å²) in [6.45, 7) is 5.75. The lowest BCUT2D eigenvalue weighted by atomic mass is 10.2. The van der Waals surface area contributed by atoms with Crippen LogP contribution in [0.3, 0.4) is 0 Å². The smallest absolute Gasteiger partial charge is 0.255 e. The SMILES string of the molecule is O=C(NCCCN1CCN(c2ccccc2)CC1)c1ccccc1O. The molecule has 1 aliphatic rings. The Labute approximate surface area is 148 Å². The van der Waals surface area contributed by atoms with Gasteiger partial charge >= 0.3 is 0 Å². The minimum Gasteiger partial charge on any atom is -0.507 e. The molecule has 0 aliphatic carbocycles. The Morgan fingerprint density at radius 2 is 1.64 bits per heavy atom. The second kappa shape index (κ2) is 8.53. The van der Waals surface area contributed by atoms with E-state index in [9.17, 15) is 9.90 Å². The van der Waals surface area contributed by atoms with E-state index in [1.165, 1.54) is 11.8 Å². The molecule has 5 nitrogen and oxygen atoms in total. The quantitative estimate of drug-likeness (QED) is 0.793. The summed E-state index contributed by atoms with van der Waals surface area (Å²) < 4.78 is 0. The van der Waals surface area contributed by atoms with Gasteiger partial charge in [-0.25, -0.2) is 0 Å². The van der Waals surface area contributed by atoms with Crippen LogP contribution in [-0.2, 0) is 0 Å². The average Bonchev–Trinajstić information content (AvgIpc) is 2.66. The number of carbonyl (C=O) groups excluding carboxylic acids is 1. The maximum atomic E-state index is 12.0. The van der Waals surface area contributed by atoms with Gasteiger partial charge in [0.2, 0.25) is 0 Å². The number of benzene rings is 2. The number of aromatic hydroxyl groups is 1. The molecule has 3 rings (SSSR count). The Hall–Kier alpha value is -2.53. The zero-order valence-corrected chi connectivity index (χ0v) is 14.4. The Bertz CT molecular complexity index is 682. The molecule has 1 fully saturated rings.